The van der Waals surface area contributed by atoms with Crippen LogP contribution in [-0.4, -0.2) is 33.4 Å². The molecule has 1 aromatic heterocycles. The van der Waals surface area contributed by atoms with Crippen LogP contribution in [0.15, 0.2) is 39.9 Å². The molecular weight excluding hydrogens is 416 g/mol. The number of Topliss-reactive ketones (excluding diaryl/α,β-unsaturated/α-hetero) is 1. The molecule has 0 saturated carbocycles. The normalized spacial score (nSPS) is 11.8. The van der Waals surface area contributed by atoms with Crippen LogP contribution in [0, 0.1) is 5.92 Å². The first-order chi connectivity index (χ1) is 15.0. The number of nitrogen functional groups attached to an aromatic ring is 1. The largest absolute Gasteiger partial charge is 0.457 e. The van der Waals surface area contributed by atoms with Crippen molar-refractivity contribution in [1.29, 1.82) is 0 Å². The number of ether oxygens (including phenoxy) is 1. The second-order valence-corrected chi connectivity index (χ2v) is 7.86. The van der Waals surface area contributed by atoms with Gasteiger partial charge in [-0.2, -0.15) is 0 Å². The van der Waals surface area contributed by atoms with E-state index < -0.39 is 41.2 Å². The summed E-state index contributed by atoms with van der Waals surface area (Å²) in [5.41, 5.74) is 4.78. The average molecular weight is 444 g/mol. The summed E-state index contributed by atoms with van der Waals surface area (Å²) in [4.78, 5) is 61.4. The second kappa shape index (κ2) is 10.6. The molecule has 1 amide bonds. The molecule has 1 heterocycles. The number of anilines is 1. The smallest absolute Gasteiger partial charge is 0.332 e. The molecule has 172 valence electrons. The van der Waals surface area contributed by atoms with E-state index in [2.05, 4.69) is 5.32 Å². The Morgan fingerprint density at radius 2 is 1.75 bits per heavy atom. The van der Waals surface area contributed by atoms with Gasteiger partial charge in [0.15, 0.2) is 6.61 Å². The van der Waals surface area contributed by atoms with Crippen molar-refractivity contribution in [3.63, 3.8) is 0 Å². The number of hydrogen-bond donors (Lipinski definition) is 2. The first-order valence-corrected chi connectivity index (χ1v) is 10.1. The summed E-state index contributed by atoms with van der Waals surface area (Å²) in [7, 11) is 1.25. The summed E-state index contributed by atoms with van der Waals surface area (Å²) >= 11 is 0. The number of aromatic nitrogens is 2. The van der Waals surface area contributed by atoms with Gasteiger partial charge < -0.3 is 15.8 Å². The van der Waals surface area contributed by atoms with Crippen LogP contribution >= 0.6 is 0 Å². The minimum Gasteiger partial charge on any atom is -0.457 e. The Bertz CT molecular complexity index is 1120. The molecular formula is C22H28N4O6. The van der Waals surface area contributed by atoms with E-state index >= 15 is 0 Å². The second-order valence-electron chi connectivity index (χ2n) is 7.86. The van der Waals surface area contributed by atoms with Gasteiger partial charge in [-0.1, -0.05) is 44.2 Å². The van der Waals surface area contributed by atoms with Gasteiger partial charge in [-0.05, 0) is 11.5 Å². The number of nitrogens with zero attached hydrogens (tertiary/aromatic N) is 2. The number of benzene rings is 1. The van der Waals surface area contributed by atoms with Gasteiger partial charge in [0, 0.05) is 20.5 Å². The van der Waals surface area contributed by atoms with Crippen molar-refractivity contribution in [2.45, 2.75) is 39.8 Å². The molecule has 10 nitrogen and oxygen atoms in total. The SMILES string of the molecule is CC(=O)N[C@@H](CC(=O)OCC(=O)c1c(N)n(CC(C)C)c(=O)n(C)c1=O)c1ccccc1. The van der Waals surface area contributed by atoms with Crippen LogP contribution in [-0.2, 0) is 27.9 Å². The molecule has 10 heteroatoms. The van der Waals surface area contributed by atoms with Crippen molar-refractivity contribution in [2.75, 3.05) is 12.3 Å². The van der Waals surface area contributed by atoms with Crippen molar-refractivity contribution < 1.29 is 19.1 Å². The van der Waals surface area contributed by atoms with Gasteiger partial charge in [-0.3, -0.25) is 28.3 Å². The highest BCUT2D eigenvalue weighted by atomic mass is 16.5. The third-order valence-electron chi connectivity index (χ3n) is 4.72. The lowest BCUT2D eigenvalue weighted by atomic mass is 10.0. The quantitative estimate of drug-likeness (QED) is 0.430. The Kier molecular flexibility index (Phi) is 8.11. The van der Waals surface area contributed by atoms with E-state index in [1.807, 2.05) is 13.8 Å². The summed E-state index contributed by atoms with van der Waals surface area (Å²) in [5.74, 6) is -2.10. The molecule has 2 rings (SSSR count). The van der Waals surface area contributed by atoms with Gasteiger partial charge >= 0.3 is 11.7 Å². The minimum atomic E-state index is -0.853. The molecule has 0 fully saturated rings. The van der Waals surface area contributed by atoms with Crippen molar-refractivity contribution in [3.8, 4) is 0 Å². The Morgan fingerprint density at radius 3 is 2.31 bits per heavy atom. The van der Waals surface area contributed by atoms with Crippen LogP contribution < -0.4 is 22.3 Å². The molecule has 0 unspecified atom stereocenters. The van der Waals surface area contributed by atoms with Gasteiger partial charge in [0.05, 0.1) is 12.5 Å². The zero-order valence-electron chi connectivity index (χ0n) is 18.6. The predicted octanol–water partition coefficient (Wildman–Crippen LogP) is 0.779. The zero-order valence-corrected chi connectivity index (χ0v) is 18.6. The molecule has 0 aliphatic carbocycles. The zero-order chi connectivity index (χ0) is 24.0. The van der Waals surface area contributed by atoms with Gasteiger partial charge in [0.2, 0.25) is 11.7 Å². The van der Waals surface area contributed by atoms with E-state index in [1.165, 1.54) is 14.0 Å². The number of hydrogen-bond acceptors (Lipinski definition) is 7. The van der Waals surface area contributed by atoms with Crippen LogP contribution in [0.1, 0.15) is 49.2 Å². The molecule has 1 atom stereocenters. The Hall–Kier alpha value is -3.69. The fraction of sp³-hybridized carbons (Fsp3) is 0.409. The van der Waals surface area contributed by atoms with Gasteiger partial charge in [0.25, 0.3) is 5.56 Å². The van der Waals surface area contributed by atoms with E-state index in [-0.39, 0.29) is 30.6 Å². The lowest BCUT2D eigenvalue weighted by Gasteiger charge is -2.18. The maximum absolute atomic E-state index is 12.7. The molecule has 1 aromatic carbocycles. The first-order valence-electron chi connectivity index (χ1n) is 10.1. The Balaban J connectivity index is 2.19. The van der Waals surface area contributed by atoms with E-state index in [1.54, 1.807) is 30.3 Å². The number of amides is 1. The molecule has 32 heavy (non-hydrogen) atoms. The third-order valence-corrected chi connectivity index (χ3v) is 4.72. The third kappa shape index (κ3) is 5.93. The standard InChI is InChI=1S/C22H28N4O6/c1-13(2)11-26-20(23)19(21(30)25(4)22(26)31)17(28)12-32-18(29)10-16(24-14(3)27)15-8-6-5-7-9-15/h5-9,13,16H,10-12,23H2,1-4H3,(H,24,27)/t16-/m0/s1. The monoisotopic (exact) mass is 444 g/mol. The average Bonchev–Trinajstić information content (AvgIpc) is 2.73. The molecule has 0 radical (unpaired) electrons. The van der Waals surface area contributed by atoms with E-state index in [4.69, 9.17) is 10.5 Å². The molecule has 0 aliphatic heterocycles. The highest BCUT2D eigenvalue weighted by Gasteiger charge is 2.24. The van der Waals surface area contributed by atoms with Gasteiger partial charge in [-0.15, -0.1) is 0 Å². The fourth-order valence-electron chi connectivity index (χ4n) is 3.21. The summed E-state index contributed by atoms with van der Waals surface area (Å²) in [6.45, 7) is 4.54. The fourth-order valence-corrected chi connectivity index (χ4v) is 3.21. The summed E-state index contributed by atoms with van der Waals surface area (Å²) in [5, 5.41) is 2.67. The number of esters is 1. The van der Waals surface area contributed by atoms with Crippen molar-refractivity contribution >= 4 is 23.5 Å². The molecule has 0 aliphatic rings. The Labute approximate surface area is 185 Å². The van der Waals surface area contributed by atoms with Gasteiger partial charge in [-0.25, -0.2) is 4.79 Å². The lowest BCUT2D eigenvalue weighted by Crippen LogP contribution is -2.43. The van der Waals surface area contributed by atoms with Crippen molar-refractivity contribution in [2.24, 2.45) is 13.0 Å². The predicted molar refractivity (Wildman–Crippen MR) is 118 cm³/mol. The summed E-state index contributed by atoms with van der Waals surface area (Å²) < 4.78 is 7.02. The van der Waals surface area contributed by atoms with E-state index in [0.717, 1.165) is 9.13 Å². The first kappa shape index (κ1) is 24.6. The molecule has 3 N–H and O–H groups in total. The molecule has 0 bridgehead atoms. The van der Waals surface area contributed by atoms with Crippen molar-refractivity contribution in [1.82, 2.24) is 14.5 Å². The minimum absolute atomic E-state index is 0.0389. The van der Waals surface area contributed by atoms with Crippen LogP contribution in [0.25, 0.3) is 0 Å². The topological polar surface area (TPSA) is 142 Å². The maximum Gasteiger partial charge on any atom is 0.332 e. The van der Waals surface area contributed by atoms with Crippen LogP contribution in [0.4, 0.5) is 5.82 Å². The van der Waals surface area contributed by atoms with Crippen LogP contribution in [0.3, 0.4) is 0 Å². The van der Waals surface area contributed by atoms with Gasteiger partial charge in [0.1, 0.15) is 11.4 Å². The molecule has 0 saturated heterocycles. The lowest BCUT2D eigenvalue weighted by molar-refractivity contribution is -0.143. The number of carbonyl (C=O) groups excluding carboxylic acids is 3. The Morgan fingerprint density at radius 1 is 1.12 bits per heavy atom. The van der Waals surface area contributed by atoms with Crippen molar-refractivity contribution in [3.05, 3.63) is 62.3 Å². The highest BCUT2D eigenvalue weighted by molar-refractivity contribution is 6.01. The van der Waals surface area contributed by atoms with Crippen LogP contribution in [0.2, 0.25) is 0 Å². The number of rotatable bonds is 9. The van der Waals surface area contributed by atoms with E-state index in [0.29, 0.717) is 5.56 Å². The number of nitrogens with two attached hydrogens (primary N) is 1. The summed E-state index contributed by atoms with van der Waals surface area (Å²) in [6.07, 6.45) is -0.211. The maximum atomic E-state index is 12.7. The molecule has 0 spiro atoms. The number of nitrogens with one attached hydrogen (secondary N) is 1. The number of carbonyl (C=O) groups is 3. The van der Waals surface area contributed by atoms with E-state index in [9.17, 15) is 24.0 Å². The highest BCUT2D eigenvalue weighted by Crippen LogP contribution is 2.17. The molecule has 2 aromatic rings. The van der Waals surface area contributed by atoms with Crippen LogP contribution in [0.5, 0.6) is 0 Å². The number of ketones is 1. The summed E-state index contributed by atoms with van der Waals surface area (Å²) in [6, 6.07) is 8.20.